The summed E-state index contributed by atoms with van der Waals surface area (Å²) in [6.45, 7) is 1.24. The van der Waals surface area contributed by atoms with Crippen LogP contribution in [-0.2, 0) is 18.0 Å². The van der Waals surface area contributed by atoms with E-state index in [1.807, 2.05) is 42.6 Å². The van der Waals surface area contributed by atoms with Gasteiger partial charge in [-0.15, -0.1) is 0 Å². The summed E-state index contributed by atoms with van der Waals surface area (Å²) >= 11 is 0. The summed E-state index contributed by atoms with van der Waals surface area (Å²) in [5, 5.41) is 4.36. The van der Waals surface area contributed by atoms with Crippen molar-refractivity contribution in [2.75, 3.05) is 6.79 Å². The third-order valence-corrected chi connectivity index (χ3v) is 3.50. The molecule has 1 aromatic carbocycles. The summed E-state index contributed by atoms with van der Waals surface area (Å²) in [6.07, 6.45) is 5.50. The van der Waals surface area contributed by atoms with Crippen molar-refractivity contribution in [1.29, 1.82) is 0 Å². The Kier molecular flexibility index (Phi) is 3.65. The molecule has 1 aliphatic heterocycles. The van der Waals surface area contributed by atoms with Crippen LogP contribution >= 0.6 is 0 Å². The highest BCUT2D eigenvalue weighted by Gasteiger charge is 2.14. The smallest absolute Gasteiger partial charge is 0.231 e. The Balaban J connectivity index is 1.41. The average Bonchev–Trinajstić information content (AvgIpc) is 3.24. The highest BCUT2D eigenvalue weighted by molar-refractivity contribution is 5.49. The lowest BCUT2D eigenvalue weighted by Crippen LogP contribution is -1.96. The van der Waals surface area contributed by atoms with Crippen molar-refractivity contribution in [3.63, 3.8) is 0 Å². The van der Waals surface area contributed by atoms with Crippen molar-refractivity contribution >= 4 is 0 Å². The van der Waals surface area contributed by atoms with Gasteiger partial charge in [-0.25, -0.2) is 4.68 Å². The van der Waals surface area contributed by atoms with Crippen molar-refractivity contribution in [1.82, 2.24) is 14.8 Å². The average molecular weight is 309 g/mol. The van der Waals surface area contributed by atoms with Crippen LogP contribution in [0.2, 0.25) is 0 Å². The van der Waals surface area contributed by atoms with Gasteiger partial charge in [0.15, 0.2) is 11.5 Å². The van der Waals surface area contributed by atoms with E-state index in [4.69, 9.17) is 14.2 Å². The van der Waals surface area contributed by atoms with Crippen LogP contribution in [0, 0.1) is 0 Å². The molecule has 2 aromatic heterocycles. The number of hydrogen-bond donors (Lipinski definition) is 0. The van der Waals surface area contributed by atoms with E-state index in [9.17, 15) is 0 Å². The number of hydrogen-bond acceptors (Lipinski definition) is 5. The molecular formula is C17H15N3O3. The minimum absolute atomic E-state index is 0.268. The Labute approximate surface area is 133 Å². The minimum Gasteiger partial charge on any atom is -0.454 e. The molecular weight excluding hydrogens is 294 g/mol. The third kappa shape index (κ3) is 3.02. The number of pyridine rings is 1. The Hall–Kier alpha value is -2.86. The van der Waals surface area contributed by atoms with E-state index in [0.29, 0.717) is 13.2 Å². The zero-order valence-corrected chi connectivity index (χ0v) is 12.4. The van der Waals surface area contributed by atoms with E-state index < -0.39 is 0 Å². The second kappa shape index (κ2) is 6.10. The fraction of sp³-hybridized carbons (Fsp3) is 0.176. The Morgan fingerprint density at radius 1 is 1.09 bits per heavy atom. The number of benzene rings is 1. The molecule has 0 saturated carbocycles. The molecule has 0 fully saturated rings. The van der Waals surface area contributed by atoms with E-state index in [1.54, 1.807) is 17.1 Å². The minimum atomic E-state index is 0.268. The van der Waals surface area contributed by atoms with Gasteiger partial charge in [0.05, 0.1) is 30.8 Å². The number of ether oxygens (including phenoxy) is 3. The van der Waals surface area contributed by atoms with Crippen LogP contribution in [0.4, 0.5) is 0 Å². The van der Waals surface area contributed by atoms with E-state index in [0.717, 1.165) is 28.4 Å². The molecule has 6 nitrogen and oxygen atoms in total. The van der Waals surface area contributed by atoms with Gasteiger partial charge in [-0.2, -0.15) is 5.10 Å². The van der Waals surface area contributed by atoms with E-state index in [1.165, 1.54) is 0 Å². The molecule has 0 radical (unpaired) electrons. The van der Waals surface area contributed by atoms with Crippen molar-refractivity contribution in [3.05, 3.63) is 66.2 Å². The number of nitrogens with zero attached hydrogens (tertiary/aromatic N) is 3. The number of rotatable bonds is 5. The van der Waals surface area contributed by atoms with Gasteiger partial charge < -0.3 is 14.2 Å². The van der Waals surface area contributed by atoms with Gasteiger partial charge in [-0.3, -0.25) is 4.98 Å². The summed E-state index contributed by atoms with van der Waals surface area (Å²) in [5.41, 5.74) is 2.83. The maximum absolute atomic E-state index is 5.67. The summed E-state index contributed by atoms with van der Waals surface area (Å²) in [6, 6.07) is 11.5. The molecule has 0 amide bonds. The van der Waals surface area contributed by atoms with Crippen LogP contribution in [0.25, 0.3) is 5.69 Å². The summed E-state index contributed by atoms with van der Waals surface area (Å²) < 4.78 is 18.2. The highest BCUT2D eigenvalue weighted by Crippen LogP contribution is 2.33. The first-order valence-electron chi connectivity index (χ1n) is 7.30. The molecule has 0 bridgehead atoms. The fourth-order valence-corrected chi connectivity index (χ4v) is 2.36. The molecule has 6 heteroatoms. The quantitative estimate of drug-likeness (QED) is 0.725. The normalized spacial score (nSPS) is 12.5. The highest BCUT2D eigenvalue weighted by atomic mass is 16.7. The van der Waals surface area contributed by atoms with Crippen LogP contribution in [0.1, 0.15) is 11.3 Å². The zero-order chi connectivity index (χ0) is 15.5. The fourth-order valence-electron chi connectivity index (χ4n) is 2.36. The number of aromatic nitrogens is 3. The van der Waals surface area contributed by atoms with Gasteiger partial charge in [0.1, 0.15) is 0 Å². The van der Waals surface area contributed by atoms with Gasteiger partial charge >= 0.3 is 0 Å². The van der Waals surface area contributed by atoms with Gasteiger partial charge in [-0.1, -0.05) is 6.07 Å². The molecule has 0 aliphatic carbocycles. The van der Waals surface area contributed by atoms with Crippen molar-refractivity contribution in [3.8, 4) is 17.2 Å². The second-order valence-corrected chi connectivity index (χ2v) is 5.14. The van der Waals surface area contributed by atoms with Gasteiger partial charge in [0, 0.05) is 24.0 Å². The molecule has 3 aromatic rings. The van der Waals surface area contributed by atoms with Crippen LogP contribution < -0.4 is 9.47 Å². The molecule has 0 N–H and O–H groups in total. The SMILES string of the molecule is c1ccc(COCc2cnn(-c3ccc4c(c3)OCO4)c2)nc1. The monoisotopic (exact) mass is 309 g/mol. The standard InChI is InChI=1S/C17H15N3O3/c1-2-6-18-14(3-1)11-21-10-13-8-19-20(9-13)15-4-5-16-17(7-15)23-12-22-16/h1-9H,10-12H2. The Morgan fingerprint density at radius 2 is 2.04 bits per heavy atom. The summed E-state index contributed by atoms with van der Waals surface area (Å²) in [7, 11) is 0. The second-order valence-electron chi connectivity index (χ2n) is 5.14. The van der Waals surface area contributed by atoms with E-state index in [-0.39, 0.29) is 6.79 Å². The van der Waals surface area contributed by atoms with Gasteiger partial charge in [0.2, 0.25) is 6.79 Å². The number of fused-ring (bicyclic) bond motifs is 1. The zero-order valence-electron chi connectivity index (χ0n) is 12.4. The molecule has 0 atom stereocenters. The molecule has 0 spiro atoms. The van der Waals surface area contributed by atoms with Crippen molar-refractivity contribution < 1.29 is 14.2 Å². The summed E-state index contributed by atoms with van der Waals surface area (Å²) in [5.74, 6) is 1.51. The lowest BCUT2D eigenvalue weighted by atomic mass is 10.3. The largest absolute Gasteiger partial charge is 0.454 e. The van der Waals surface area contributed by atoms with E-state index >= 15 is 0 Å². The molecule has 4 rings (SSSR count). The van der Waals surface area contributed by atoms with Crippen LogP contribution in [0.15, 0.2) is 55.0 Å². The van der Waals surface area contributed by atoms with Crippen LogP contribution in [-0.4, -0.2) is 21.6 Å². The van der Waals surface area contributed by atoms with Gasteiger partial charge in [0.25, 0.3) is 0 Å². The molecule has 1 aliphatic rings. The van der Waals surface area contributed by atoms with Crippen molar-refractivity contribution in [2.24, 2.45) is 0 Å². The van der Waals surface area contributed by atoms with E-state index in [2.05, 4.69) is 10.1 Å². The Bertz CT molecular complexity index is 802. The molecule has 23 heavy (non-hydrogen) atoms. The molecule has 0 unspecified atom stereocenters. The predicted octanol–water partition coefficient (Wildman–Crippen LogP) is 2.71. The first-order valence-corrected chi connectivity index (χ1v) is 7.30. The molecule has 3 heterocycles. The van der Waals surface area contributed by atoms with Crippen LogP contribution in [0.3, 0.4) is 0 Å². The maximum atomic E-state index is 5.67. The van der Waals surface area contributed by atoms with Gasteiger partial charge in [-0.05, 0) is 24.3 Å². The lowest BCUT2D eigenvalue weighted by Gasteiger charge is -2.03. The maximum Gasteiger partial charge on any atom is 0.231 e. The first kappa shape index (κ1) is 13.8. The molecule has 116 valence electrons. The van der Waals surface area contributed by atoms with Crippen molar-refractivity contribution in [2.45, 2.75) is 13.2 Å². The predicted molar refractivity (Wildman–Crippen MR) is 82.4 cm³/mol. The third-order valence-electron chi connectivity index (χ3n) is 3.50. The lowest BCUT2D eigenvalue weighted by molar-refractivity contribution is 0.104. The first-order chi connectivity index (χ1) is 11.4. The molecule has 0 saturated heterocycles. The topological polar surface area (TPSA) is 58.4 Å². The van der Waals surface area contributed by atoms with Crippen LogP contribution in [0.5, 0.6) is 11.5 Å². The Morgan fingerprint density at radius 3 is 2.96 bits per heavy atom. The summed E-state index contributed by atoms with van der Waals surface area (Å²) in [4.78, 5) is 4.22.